The molecule has 2 aromatic rings. The average molecular weight is 214 g/mol. The highest BCUT2D eigenvalue weighted by molar-refractivity contribution is 5.71. The largest absolute Gasteiger partial charge is 0.508 e. The Morgan fingerprint density at radius 3 is 2.25 bits per heavy atom. The molecule has 82 valence electrons. The number of benzene rings is 2. The molecule has 0 heterocycles. The number of phenols is 2. The van der Waals surface area contributed by atoms with E-state index in [1.165, 1.54) is 5.56 Å². The van der Waals surface area contributed by atoms with E-state index in [9.17, 15) is 10.2 Å². The van der Waals surface area contributed by atoms with Gasteiger partial charge in [-0.05, 0) is 41.8 Å². The van der Waals surface area contributed by atoms with E-state index < -0.39 is 0 Å². The Morgan fingerprint density at radius 2 is 1.62 bits per heavy atom. The molecular formula is C14H14O2. The molecule has 0 saturated heterocycles. The van der Waals surface area contributed by atoms with Crippen molar-refractivity contribution in [3.63, 3.8) is 0 Å². The Hall–Kier alpha value is -1.96. The fourth-order valence-electron chi connectivity index (χ4n) is 1.68. The first kappa shape index (κ1) is 10.6. The van der Waals surface area contributed by atoms with Crippen LogP contribution in [0.2, 0.25) is 0 Å². The minimum atomic E-state index is 0.231. The van der Waals surface area contributed by atoms with Gasteiger partial charge in [-0.1, -0.05) is 25.1 Å². The molecule has 0 unspecified atom stereocenters. The van der Waals surface area contributed by atoms with Crippen molar-refractivity contribution in [1.82, 2.24) is 0 Å². The Morgan fingerprint density at radius 1 is 0.938 bits per heavy atom. The van der Waals surface area contributed by atoms with Crippen molar-refractivity contribution in [3.8, 4) is 22.6 Å². The molecule has 0 spiro atoms. The predicted molar refractivity (Wildman–Crippen MR) is 64.6 cm³/mol. The third-order valence-corrected chi connectivity index (χ3v) is 2.65. The molecule has 0 aliphatic rings. The van der Waals surface area contributed by atoms with Gasteiger partial charge in [0.1, 0.15) is 11.5 Å². The molecule has 0 aliphatic carbocycles. The van der Waals surface area contributed by atoms with Crippen molar-refractivity contribution in [2.24, 2.45) is 0 Å². The molecule has 0 bridgehead atoms. The van der Waals surface area contributed by atoms with Crippen LogP contribution < -0.4 is 0 Å². The fraction of sp³-hybridized carbons (Fsp3) is 0.143. The summed E-state index contributed by atoms with van der Waals surface area (Å²) >= 11 is 0. The number of aryl methyl sites for hydroxylation is 1. The van der Waals surface area contributed by atoms with Crippen LogP contribution in [0.5, 0.6) is 11.5 Å². The lowest BCUT2D eigenvalue weighted by molar-refractivity contribution is 0.474. The molecule has 0 aliphatic heterocycles. The summed E-state index contributed by atoms with van der Waals surface area (Å²) in [4.78, 5) is 0. The Kier molecular flexibility index (Phi) is 2.82. The molecule has 0 saturated carbocycles. The maximum absolute atomic E-state index is 9.79. The number of hydrogen-bond donors (Lipinski definition) is 2. The van der Waals surface area contributed by atoms with E-state index in [2.05, 4.69) is 6.92 Å². The summed E-state index contributed by atoms with van der Waals surface area (Å²) in [6.07, 6.45) is 0.936. The van der Waals surface area contributed by atoms with Crippen LogP contribution in [-0.2, 0) is 6.42 Å². The summed E-state index contributed by atoms with van der Waals surface area (Å²) in [5.74, 6) is 0.498. The standard InChI is InChI=1S/C14H14O2/c1-2-10-3-8-14(16)13(9-10)11-4-6-12(15)7-5-11/h3-9,15-16H,2H2,1H3. The van der Waals surface area contributed by atoms with Crippen molar-refractivity contribution in [2.75, 3.05) is 0 Å². The smallest absolute Gasteiger partial charge is 0.123 e. The lowest BCUT2D eigenvalue weighted by Gasteiger charge is -2.07. The van der Waals surface area contributed by atoms with E-state index in [1.807, 2.05) is 12.1 Å². The van der Waals surface area contributed by atoms with E-state index in [0.29, 0.717) is 0 Å². The van der Waals surface area contributed by atoms with Crippen molar-refractivity contribution in [2.45, 2.75) is 13.3 Å². The summed E-state index contributed by atoms with van der Waals surface area (Å²) in [6.45, 7) is 2.08. The zero-order valence-electron chi connectivity index (χ0n) is 9.14. The van der Waals surface area contributed by atoms with Crippen LogP contribution in [0, 0.1) is 0 Å². The highest BCUT2D eigenvalue weighted by Gasteiger charge is 2.04. The van der Waals surface area contributed by atoms with E-state index in [4.69, 9.17) is 0 Å². The maximum Gasteiger partial charge on any atom is 0.123 e. The minimum Gasteiger partial charge on any atom is -0.508 e. The van der Waals surface area contributed by atoms with Crippen molar-refractivity contribution < 1.29 is 10.2 Å². The zero-order valence-corrected chi connectivity index (χ0v) is 9.14. The Labute approximate surface area is 94.8 Å². The minimum absolute atomic E-state index is 0.231. The van der Waals surface area contributed by atoms with Crippen LogP contribution in [0.3, 0.4) is 0 Å². The van der Waals surface area contributed by atoms with E-state index >= 15 is 0 Å². The Balaban J connectivity index is 2.50. The summed E-state index contributed by atoms with van der Waals surface area (Å²) in [5, 5.41) is 19.0. The van der Waals surface area contributed by atoms with Gasteiger partial charge in [0.2, 0.25) is 0 Å². The van der Waals surface area contributed by atoms with Crippen molar-refractivity contribution in [1.29, 1.82) is 0 Å². The number of rotatable bonds is 2. The molecule has 0 atom stereocenters. The summed E-state index contributed by atoms with van der Waals surface area (Å²) < 4.78 is 0. The van der Waals surface area contributed by atoms with Crippen LogP contribution in [0.25, 0.3) is 11.1 Å². The summed E-state index contributed by atoms with van der Waals surface area (Å²) in [7, 11) is 0. The third-order valence-electron chi connectivity index (χ3n) is 2.65. The van der Waals surface area contributed by atoms with Crippen LogP contribution in [-0.4, -0.2) is 10.2 Å². The summed E-state index contributed by atoms with van der Waals surface area (Å²) in [6, 6.07) is 12.4. The molecule has 2 N–H and O–H groups in total. The molecule has 2 heteroatoms. The first-order valence-corrected chi connectivity index (χ1v) is 5.32. The van der Waals surface area contributed by atoms with Gasteiger partial charge in [0.05, 0.1) is 0 Å². The van der Waals surface area contributed by atoms with Gasteiger partial charge in [0.25, 0.3) is 0 Å². The first-order valence-electron chi connectivity index (χ1n) is 5.32. The molecular weight excluding hydrogens is 200 g/mol. The quantitative estimate of drug-likeness (QED) is 0.805. The molecule has 2 aromatic carbocycles. The highest BCUT2D eigenvalue weighted by atomic mass is 16.3. The lowest BCUT2D eigenvalue weighted by Crippen LogP contribution is -1.84. The molecule has 0 aromatic heterocycles. The predicted octanol–water partition coefficient (Wildman–Crippen LogP) is 3.33. The molecule has 0 radical (unpaired) electrons. The third kappa shape index (κ3) is 2.01. The first-order chi connectivity index (χ1) is 7.70. The van der Waals surface area contributed by atoms with Crippen molar-refractivity contribution >= 4 is 0 Å². The zero-order chi connectivity index (χ0) is 11.5. The number of phenolic OH excluding ortho intramolecular Hbond substituents is 2. The lowest BCUT2D eigenvalue weighted by atomic mass is 10.0. The van der Waals surface area contributed by atoms with Gasteiger partial charge in [-0.2, -0.15) is 0 Å². The second-order valence-electron chi connectivity index (χ2n) is 3.75. The van der Waals surface area contributed by atoms with Crippen LogP contribution >= 0.6 is 0 Å². The molecule has 0 amide bonds. The van der Waals surface area contributed by atoms with Crippen LogP contribution in [0.1, 0.15) is 12.5 Å². The van der Waals surface area contributed by atoms with Crippen molar-refractivity contribution in [3.05, 3.63) is 48.0 Å². The normalized spacial score (nSPS) is 10.3. The summed E-state index contributed by atoms with van der Waals surface area (Å²) in [5.41, 5.74) is 2.89. The van der Waals surface area contributed by atoms with Gasteiger partial charge in [0.15, 0.2) is 0 Å². The van der Waals surface area contributed by atoms with Gasteiger partial charge in [-0.15, -0.1) is 0 Å². The maximum atomic E-state index is 9.79. The molecule has 2 nitrogen and oxygen atoms in total. The van der Waals surface area contributed by atoms with Crippen LogP contribution in [0.4, 0.5) is 0 Å². The Bertz CT molecular complexity index is 487. The van der Waals surface area contributed by atoms with Gasteiger partial charge in [-0.3, -0.25) is 0 Å². The van der Waals surface area contributed by atoms with E-state index in [0.717, 1.165) is 17.5 Å². The fourth-order valence-corrected chi connectivity index (χ4v) is 1.68. The van der Waals surface area contributed by atoms with Gasteiger partial charge in [0, 0.05) is 5.56 Å². The monoisotopic (exact) mass is 214 g/mol. The second-order valence-corrected chi connectivity index (χ2v) is 3.75. The number of hydrogen-bond acceptors (Lipinski definition) is 2. The van der Waals surface area contributed by atoms with Gasteiger partial charge >= 0.3 is 0 Å². The second kappa shape index (κ2) is 4.27. The van der Waals surface area contributed by atoms with E-state index in [1.54, 1.807) is 30.3 Å². The molecule has 2 rings (SSSR count). The average Bonchev–Trinajstić information content (AvgIpc) is 2.31. The van der Waals surface area contributed by atoms with Gasteiger partial charge in [-0.25, -0.2) is 0 Å². The molecule has 16 heavy (non-hydrogen) atoms. The van der Waals surface area contributed by atoms with E-state index in [-0.39, 0.29) is 11.5 Å². The topological polar surface area (TPSA) is 40.5 Å². The van der Waals surface area contributed by atoms with Crippen LogP contribution in [0.15, 0.2) is 42.5 Å². The van der Waals surface area contributed by atoms with Gasteiger partial charge < -0.3 is 10.2 Å². The molecule has 0 fully saturated rings. The number of aromatic hydroxyl groups is 2. The SMILES string of the molecule is CCc1ccc(O)c(-c2ccc(O)cc2)c1. The highest BCUT2D eigenvalue weighted by Crippen LogP contribution is 2.31.